The van der Waals surface area contributed by atoms with E-state index in [1.54, 1.807) is 12.1 Å². The van der Waals surface area contributed by atoms with Gasteiger partial charge in [0.1, 0.15) is 5.00 Å². The topological polar surface area (TPSA) is 58.6 Å². The Kier molecular flexibility index (Phi) is 6.63. The summed E-state index contributed by atoms with van der Waals surface area (Å²) in [5, 5.41) is 3.56. The first kappa shape index (κ1) is 19.6. The maximum atomic E-state index is 12.8. The fourth-order valence-electron chi connectivity index (χ4n) is 3.25. The Balaban J connectivity index is 1.78. The van der Waals surface area contributed by atoms with Gasteiger partial charge >= 0.3 is 5.97 Å². The van der Waals surface area contributed by atoms with Crippen molar-refractivity contribution >= 4 is 28.2 Å². The molecule has 27 heavy (non-hydrogen) atoms. The molecule has 2 aromatic rings. The SMILES string of the molecule is CN(C)CCCOC(=O)c1c(NC(=O)c2ccccc2)sc2c1CCCC2. The Hall–Kier alpha value is -2.18. The third-order valence-corrected chi connectivity index (χ3v) is 5.83. The molecule has 0 saturated heterocycles. The molecule has 1 aliphatic rings. The maximum Gasteiger partial charge on any atom is 0.341 e. The lowest BCUT2D eigenvalue weighted by atomic mass is 9.95. The molecule has 3 rings (SSSR count). The van der Waals surface area contributed by atoms with E-state index in [4.69, 9.17) is 4.74 Å². The maximum absolute atomic E-state index is 12.8. The number of nitrogens with zero attached hydrogens (tertiary/aromatic N) is 1. The quantitative estimate of drug-likeness (QED) is 0.577. The Morgan fingerprint density at radius 2 is 1.89 bits per heavy atom. The number of carbonyl (C=O) groups is 2. The Morgan fingerprint density at radius 1 is 1.15 bits per heavy atom. The van der Waals surface area contributed by atoms with Gasteiger partial charge in [0.25, 0.3) is 5.91 Å². The number of ether oxygens (including phenoxy) is 1. The van der Waals surface area contributed by atoms with Crippen LogP contribution in [0.1, 0.15) is 50.4 Å². The predicted octanol–water partition coefficient (Wildman–Crippen LogP) is 3.99. The minimum absolute atomic E-state index is 0.198. The molecule has 0 unspecified atom stereocenters. The third-order valence-electron chi connectivity index (χ3n) is 4.62. The van der Waals surface area contributed by atoms with Gasteiger partial charge < -0.3 is 15.0 Å². The largest absolute Gasteiger partial charge is 0.462 e. The van der Waals surface area contributed by atoms with Crippen LogP contribution >= 0.6 is 11.3 Å². The van der Waals surface area contributed by atoms with Crippen molar-refractivity contribution in [1.82, 2.24) is 4.90 Å². The first-order chi connectivity index (χ1) is 13.1. The standard InChI is InChI=1S/C21H26N2O3S/c1-23(2)13-8-14-26-21(25)18-16-11-6-7-12-17(16)27-20(18)22-19(24)15-9-4-3-5-10-15/h3-5,9-10H,6-8,11-14H2,1-2H3,(H,22,24). The van der Waals surface area contributed by atoms with Crippen LogP contribution < -0.4 is 5.32 Å². The second-order valence-corrected chi connectivity index (χ2v) is 8.13. The zero-order chi connectivity index (χ0) is 19.2. The van der Waals surface area contributed by atoms with Crippen LogP contribution in [0.4, 0.5) is 5.00 Å². The molecule has 1 aromatic heterocycles. The van der Waals surface area contributed by atoms with Gasteiger partial charge in [-0.15, -0.1) is 11.3 Å². The van der Waals surface area contributed by atoms with Gasteiger partial charge in [0, 0.05) is 17.0 Å². The van der Waals surface area contributed by atoms with Crippen LogP contribution in [0.3, 0.4) is 0 Å². The van der Waals surface area contributed by atoms with Gasteiger partial charge in [-0.05, 0) is 63.9 Å². The number of aryl methyl sites for hydroxylation is 1. The van der Waals surface area contributed by atoms with Crippen LogP contribution in [0.25, 0.3) is 0 Å². The minimum atomic E-state index is -0.323. The van der Waals surface area contributed by atoms with Gasteiger partial charge in [-0.25, -0.2) is 4.79 Å². The van der Waals surface area contributed by atoms with Gasteiger partial charge in [-0.1, -0.05) is 18.2 Å². The van der Waals surface area contributed by atoms with Crippen molar-refractivity contribution in [2.75, 3.05) is 32.6 Å². The lowest BCUT2D eigenvalue weighted by Gasteiger charge is -2.13. The molecule has 0 saturated carbocycles. The van der Waals surface area contributed by atoms with E-state index in [2.05, 4.69) is 10.2 Å². The number of thiophene rings is 1. The minimum Gasteiger partial charge on any atom is -0.462 e. The van der Waals surface area contributed by atoms with Crippen LogP contribution in [0, 0.1) is 0 Å². The molecule has 0 spiro atoms. The van der Waals surface area contributed by atoms with Crippen molar-refractivity contribution in [3.63, 3.8) is 0 Å². The van der Waals surface area contributed by atoms with Crippen molar-refractivity contribution in [3.8, 4) is 0 Å². The van der Waals surface area contributed by atoms with Crippen molar-refractivity contribution < 1.29 is 14.3 Å². The van der Waals surface area contributed by atoms with Crippen LogP contribution in [-0.2, 0) is 17.6 Å². The van der Waals surface area contributed by atoms with E-state index in [1.807, 2.05) is 32.3 Å². The van der Waals surface area contributed by atoms with Crippen LogP contribution in [-0.4, -0.2) is 44.0 Å². The summed E-state index contributed by atoms with van der Waals surface area (Å²) >= 11 is 1.52. The second-order valence-electron chi connectivity index (χ2n) is 7.03. The Morgan fingerprint density at radius 3 is 2.63 bits per heavy atom. The zero-order valence-electron chi connectivity index (χ0n) is 15.9. The summed E-state index contributed by atoms with van der Waals surface area (Å²) in [7, 11) is 3.99. The molecule has 0 fully saturated rings. The smallest absolute Gasteiger partial charge is 0.341 e. The van der Waals surface area contributed by atoms with Crippen molar-refractivity contribution in [2.24, 2.45) is 0 Å². The first-order valence-corrected chi connectivity index (χ1v) is 10.2. The van der Waals surface area contributed by atoms with Gasteiger partial charge in [0.2, 0.25) is 0 Å². The summed E-state index contributed by atoms with van der Waals surface area (Å²) in [5.41, 5.74) is 2.20. The van der Waals surface area contributed by atoms with Gasteiger partial charge in [0.05, 0.1) is 12.2 Å². The number of hydrogen-bond donors (Lipinski definition) is 1. The molecule has 1 heterocycles. The molecule has 0 atom stereocenters. The number of fused-ring (bicyclic) bond motifs is 1. The Labute approximate surface area is 164 Å². The van der Waals surface area contributed by atoms with Gasteiger partial charge in [-0.3, -0.25) is 4.79 Å². The molecule has 1 aliphatic carbocycles. The van der Waals surface area contributed by atoms with Crippen LogP contribution in [0.2, 0.25) is 0 Å². The number of amides is 1. The molecule has 1 amide bonds. The van der Waals surface area contributed by atoms with E-state index in [9.17, 15) is 9.59 Å². The lowest BCUT2D eigenvalue weighted by Crippen LogP contribution is -2.18. The van der Waals surface area contributed by atoms with E-state index in [0.29, 0.717) is 22.7 Å². The number of anilines is 1. The van der Waals surface area contributed by atoms with E-state index in [-0.39, 0.29) is 11.9 Å². The predicted molar refractivity (Wildman–Crippen MR) is 109 cm³/mol. The molecular weight excluding hydrogens is 360 g/mol. The van der Waals surface area contributed by atoms with Gasteiger partial charge in [-0.2, -0.15) is 0 Å². The van der Waals surface area contributed by atoms with Crippen molar-refractivity contribution in [1.29, 1.82) is 0 Å². The van der Waals surface area contributed by atoms with E-state index in [0.717, 1.165) is 44.2 Å². The summed E-state index contributed by atoms with van der Waals surface area (Å²) in [6.45, 7) is 1.25. The molecular formula is C21H26N2O3S. The molecule has 0 aliphatic heterocycles. The first-order valence-electron chi connectivity index (χ1n) is 9.39. The lowest BCUT2D eigenvalue weighted by molar-refractivity contribution is 0.0493. The highest BCUT2D eigenvalue weighted by Gasteiger charge is 2.27. The molecule has 5 nitrogen and oxygen atoms in total. The number of carbonyl (C=O) groups excluding carboxylic acids is 2. The molecule has 6 heteroatoms. The average Bonchev–Trinajstić information content (AvgIpc) is 3.03. The van der Waals surface area contributed by atoms with E-state index >= 15 is 0 Å². The number of rotatable bonds is 7. The molecule has 1 N–H and O–H groups in total. The summed E-state index contributed by atoms with van der Waals surface area (Å²) in [6, 6.07) is 9.06. The second kappa shape index (κ2) is 9.15. The van der Waals surface area contributed by atoms with Gasteiger partial charge in [0.15, 0.2) is 0 Å². The molecule has 144 valence electrons. The highest BCUT2D eigenvalue weighted by molar-refractivity contribution is 7.17. The fraction of sp³-hybridized carbons (Fsp3) is 0.429. The summed E-state index contributed by atoms with van der Waals surface area (Å²) < 4.78 is 5.52. The zero-order valence-corrected chi connectivity index (χ0v) is 16.7. The van der Waals surface area contributed by atoms with E-state index in [1.165, 1.54) is 16.2 Å². The monoisotopic (exact) mass is 386 g/mol. The number of esters is 1. The summed E-state index contributed by atoms with van der Waals surface area (Å²) in [5.74, 6) is -0.521. The number of benzene rings is 1. The van der Waals surface area contributed by atoms with Crippen molar-refractivity contribution in [2.45, 2.75) is 32.1 Å². The third kappa shape index (κ3) is 4.96. The molecule has 0 radical (unpaired) electrons. The van der Waals surface area contributed by atoms with Crippen LogP contribution in [0.15, 0.2) is 30.3 Å². The van der Waals surface area contributed by atoms with Crippen LogP contribution in [0.5, 0.6) is 0 Å². The fourth-order valence-corrected chi connectivity index (χ4v) is 4.52. The Bertz CT molecular complexity index is 799. The summed E-state index contributed by atoms with van der Waals surface area (Å²) in [4.78, 5) is 28.6. The highest BCUT2D eigenvalue weighted by atomic mass is 32.1. The molecule has 0 bridgehead atoms. The normalized spacial score (nSPS) is 13.3. The average molecular weight is 387 g/mol. The summed E-state index contributed by atoms with van der Waals surface area (Å²) in [6.07, 6.45) is 4.81. The number of nitrogens with one attached hydrogen (secondary N) is 1. The van der Waals surface area contributed by atoms with Crippen molar-refractivity contribution in [3.05, 3.63) is 51.9 Å². The van der Waals surface area contributed by atoms with E-state index < -0.39 is 0 Å². The highest BCUT2D eigenvalue weighted by Crippen LogP contribution is 2.38. The number of hydrogen-bond acceptors (Lipinski definition) is 5. The molecule has 1 aromatic carbocycles.